The van der Waals surface area contributed by atoms with Gasteiger partial charge in [-0.1, -0.05) is 6.92 Å². The number of nitrogens with zero attached hydrogens (tertiary/aromatic N) is 2. The first-order valence-electron chi connectivity index (χ1n) is 5.89. The molecule has 100 valence electrons. The molecule has 1 aromatic heterocycles. The second-order valence-electron chi connectivity index (χ2n) is 4.34. The molecular weight excluding hydrogens is 264 g/mol. The van der Waals surface area contributed by atoms with Crippen LogP contribution in [-0.4, -0.2) is 22.3 Å². The molecule has 0 aliphatic carbocycles. The number of aromatic nitrogens is 1. The van der Waals surface area contributed by atoms with E-state index in [4.69, 9.17) is 4.74 Å². The highest BCUT2D eigenvalue weighted by Gasteiger charge is 2.15. The van der Waals surface area contributed by atoms with Gasteiger partial charge in [-0.3, -0.25) is 15.1 Å². The smallest absolute Gasteiger partial charge is 0.279 e. The normalized spacial score (nSPS) is 12.3. The molecule has 1 unspecified atom stereocenters. The molecule has 2 aromatic rings. The fourth-order valence-corrected chi connectivity index (χ4v) is 1.80. The summed E-state index contributed by atoms with van der Waals surface area (Å²) in [5.74, 6) is 1.59. The number of nitro benzene ring substituents is 1. The number of fused-ring (bicyclic) bond motifs is 1. The van der Waals surface area contributed by atoms with E-state index in [1.807, 2.05) is 6.92 Å². The van der Waals surface area contributed by atoms with Crippen LogP contribution in [0, 0.1) is 16.0 Å². The van der Waals surface area contributed by atoms with Crippen molar-refractivity contribution in [2.45, 2.75) is 6.92 Å². The molecule has 1 heterocycles. The van der Waals surface area contributed by atoms with Crippen molar-refractivity contribution in [3.05, 3.63) is 40.6 Å². The van der Waals surface area contributed by atoms with Gasteiger partial charge in [0.05, 0.1) is 16.9 Å². The summed E-state index contributed by atoms with van der Waals surface area (Å²) in [7, 11) is 0. The lowest BCUT2D eigenvalue weighted by atomic mass is 10.1. The summed E-state index contributed by atoms with van der Waals surface area (Å²) >= 11 is 4.19. The van der Waals surface area contributed by atoms with Gasteiger partial charge in [-0.2, -0.15) is 12.6 Å². The largest absolute Gasteiger partial charge is 0.491 e. The van der Waals surface area contributed by atoms with Gasteiger partial charge in [0.1, 0.15) is 11.3 Å². The summed E-state index contributed by atoms with van der Waals surface area (Å²) in [5, 5.41) is 11.5. The number of ether oxygens (including phenoxy) is 1. The van der Waals surface area contributed by atoms with Crippen LogP contribution in [0.1, 0.15) is 6.92 Å². The molecule has 0 aliphatic heterocycles. The molecule has 0 N–H and O–H groups in total. The Hall–Kier alpha value is -1.82. The quantitative estimate of drug-likeness (QED) is 0.518. The maximum absolute atomic E-state index is 11.0. The SMILES string of the molecule is CC(CS)COc1ccc([N+](=O)[O-])c2cccnc12. The van der Waals surface area contributed by atoms with E-state index in [0.717, 1.165) is 5.75 Å². The van der Waals surface area contributed by atoms with Gasteiger partial charge < -0.3 is 4.74 Å². The van der Waals surface area contributed by atoms with Crippen LogP contribution in [-0.2, 0) is 0 Å². The summed E-state index contributed by atoms with van der Waals surface area (Å²) in [6, 6.07) is 6.40. The second-order valence-corrected chi connectivity index (χ2v) is 4.70. The Bertz CT molecular complexity index is 603. The highest BCUT2D eigenvalue weighted by molar-refractivity contribution is 7.80. The average Bonchev–Trinajstić information content (AvgIpc) is 2.43. The van der Waals surface area contributed by atoms with Crippen molar-refractivity contribution >= 4 is 29.2 Å². The highest BCUT2D eigenvalue weighted by atomic mass is 32.1. The predicted octanol–water partition coefficient (Wildman–Crippen LogP) is 3.09. The van der Waals surface area contributed by atoms with Gasteiger partial charge in [0.25, 0.3) is 5.69 Å². The molecule has 0 saturated heterocycles. The van der Waals surface area contributed by atoms with E-state index in [-0.39, 0.29) is 5.69 Å². The first kappa shape index (κ1) is 13.6. The van der Waals surface area contributed by atoms with E-state index in [0.29, 0.717) is 29.2 Å². The third-order valence-electron chi connectivity index (χ3n) is 2.74. The third-order valence-corrected chi connectivity index (χ3v) is 3.36. The van der Waals surface area contributed by atoms with Crippen LogP contribution < -0.4 is 4.74 Å². The molecule has 19 heavy (non-hydrogen) atoms. The Morgan fingerprint density at radius 3 is 2.95 bits per heavy atom. The predicted molar refractivity (Wildman–Crippen MR) is 76.9 cm³/mol. The van der Waals surface area contributed by atoms with E-state index in [1.54, 1.807) is 24.4 Å². The molecule has 1 aromatic carbocycles. The van der Waals surface area contributed by atoms with E-state index < -0.39 is 4.92 Å². The highest BCUT2D eigenvalue weighted by Crippen LogP contribution is 2.31. The van der Waals surface area contributed by atoms with Gasteiger partial charge in [0, 0.05) is 12.3 Å². The fraction of sp³-hybridized carbons (Fsp3) is 0.308. The van der Waals surface area contributed by atoms with E-state index in [1.165, 1.54) is 6.07 Å². The molecule has 2 rings (SSSR count). The average molecular weight is 278 g/mol. The number of thiol groups is 1. The first-order valence-corrected chi connectivity index (χ1v) is 6.52. The zero-order valence-electron chi connectivity index (χ0n) is 10.4. The Morgan fingerprint density at radius 1 is 1.47 bits per heavy atom. The summed E-state index contributed by atoms with van der Waals surface area (Å²) in [6.07, 6.45) is 1.60. The molecule has 0 fully saturated rings. The number of hydrogen-bond acceptors (Lipinski definition) is 5. The number of benzene rings is 1. The molecule has 0 radical (unpaired) electrons. The van der Waals surface area contributed by atoms with Crippen LogP contribution in [0.15, 0.2) is 30.5 Å². The maximum atomic E-state index is 11.0. The van der Waals surface area contributed by atoms with Crippen LogP contribution in [0.5, 0.6) is 5.75 Å². The van der Waals surface area contributed by atoms with Crippen LogP contribution >= 0.6 is 12.6 Å². The van der Waals surface area contributed by atoms with Crippen LogP contribution in [0.25, 0.3) is 10.9 Å². The van der Waals surface area contributed by atoms with Gasteiger partial charge in [-0.15, -0.1) is 0 Å². The molecule has 0 bridgehead atoms. The van der Waals surface area contributed by atoms with Gasteiger partial charge >= 0.3 is 0 Å². The first-order chi connectivity index (χ1) is 9.13. The van der Waals surface area contributed by atoms with Crippen LogP contribution in [0.4, 0.5) is 5.69 Å². The number of rotatable bonds is 5. The molecular formula is C13H14N2O3S. The van der Waals surface area contributed by atoms with Crippen LogP contribution in [0.3, 0.4) is 0 Å². The van der Waals surface area contributed by atoms with Gasteiger partial charge in [-0.25, -0.2) is 0 Å². The molecule has 5 nitrogen and oxygen atoms in total. The van der Waals surface area contributed by atoms with Crippen molar-refractivity contribution in [1.82, 2.24) is 4.98 Å². The Balaban J connectivity index is 2.41. The van der Waals surface area contributed by atoms with Gasteiger partial charge in [-0.05, 0) is 29.9 Å². The second kappa shape index (κ2) is 5.88. The van der Waals surface area contributed by atoms with Crippen molar-refractivity contribution < 1.29 is 9.66 Å². The molecule has 0 aliphatic rings. The van der Waals surface area contributed by atoms with Crippen LogP contribution in [0.2, 0.25) is 0 Å². The van der Waals surface area contributed by atoms with Crippen molar-refractivity contribution in [3.8, 4) is 5.75 Å². The van der Waals surface area contributed by atoms with E-state index in [2.05, 4.69) is 17.6 Å². The summed E-state index contributed by atoms with van der Waals surface area (Å²) in [4.78, 5) is 14.7. The lowest BCUT2D eigenvalue weighted by molar-refractivity contribution is -0.383. The van der Waals surface area contributed by atoms with Gasteiger partial charge in [0.15, 0.2) is 0 Å². The number of nitro groups is 1. The minimum atomic E-state index is -0.413. The zero-order valence-corrected chi connectivity index (χ0v) is 11.3. The fourth-order valence-electron chi connectivity index (χ4n) is 1.69. The lowest BCUT2D eigenvalue weighted by Crippen LogP contribution is -2.10. The van der Waals surface area contributed by atoms with Crippen molar-refractivity contribution in [2.24, 2.45) is 5.92 Å². The summed E-state index contributed by atoms with van der Waals surface area (Å²) in [6.45, 7) is 2.53. The van der Waals surface area contributed by atoms with Crippen molar-refractivity contribution in [1.29, 1.82) is 0 Å². The standard InChI is InChI=1S/C13H14N2O3S/c1-9(8-19)7-18-12-5-4-11(15(16)17)10-3-2-6-14-13(10)12/h2-6,9,19H,7-8H2,1H3. The summed E-state index contributed by atoms with van der Waals surface area (Å²) in [5.41, 5.74) is 0.556. The lowest BCUT2D eigenvalue weighted by Gasteiger charge is -2.12. The zero-order chi connectivity index (χ0) is 13.8. The van der Waals surface area contributed by atoms with Gasteiger partial charge in [0.2, 0.25) is 0 Å². The van der Waals surface area contributed by atoms with Crippen molar-refractivity contribution in [2.75, 3.05) is 12.4 Å². The molecule has 1 atom stereocenters. The minimum absolute atomic E-state index is 0.0395. The topological polar surface area (TPSA) is 65.3 Å². The van der Waals surface area contributed by atoms with E-state index in [9.17, 15) is 10.1 Å². The Labute approximate surface area is 116 Å². The minimum Gasteiger partial charge on any atom is -0.491 e. The molecule has 6 heteroatoms. The molecule has 0 spiro atoms. The monoisotopic (exact) mass is 278 g/mol. The number of hydrogen-bond donors (Lipinski definition) is 1. The Morgan fingerprint density at radius 2 is 2.26 bits per heavy atom. The number of pyridine rings is 1. The number of non-ortho nitro benzene ring substituents is 1. The summed E-state index contributed by atoms with van der Waals surface area (Å²) < 4.78 is 5.67. The maximum Gasteiger partial charge on any atom is 0.279 e. The van der Waals surface area contributed by atoms with E-state index >= 15 is 0 Å². The third kappa shape index (κ3) is 2.96. The molecule has 0 saturated carbocycles. The Kier molecular flexibility index (Phi) is 4.21. The molecule has 0 amide bonds. The van der Waals surface area contributed by atoms with Crippen molar-refractivity contribution in [3.63, 3.8) is 0 Å².